The lowest BCUT2D eigenvalue weighted by molar-refractivity contribution is 0.129. The summed E-state index contributed by atoms with van der Waals surface area (Å²) < 4.78 is 2.07. The van der Waals surface area contributed by atoms with Crippen molar-refractivity contribution in [3.63, 3.8) is 0 Å². The second-order valence-electron chi connectivity index (χ2n) is 5.82. The Morgan fingerprint density at radius 3 is 2.68 bits per heavy atom. The van der Waals surface area contributed by atoms with Gasteiger partial charge in [-0.15, -0.1) is 0 Å². The SMILES string of the molecule is CCn1nc(CC2(CO)CCCC2)c2ccccc21. The first-order chi connectivity index (χ1) is 9.28. The summed E-state index contributed by atoms with van der Waals surface area (Å²) in [5.74, 6) is 0. The van der Waals surface area contributed by atoms with E-state index in [0.717, 1.165) is 31.5 Å². The molecule has 3 rings (SSSR count). The Morgan fingerprint density at radius 2 is 2.00 bits per heavy atom. The van der Waals surface area contributed by atoms with Gasteiger partial charge in [-0.05, 0) is 37.7 Å². The third-order valence-electron chi connectivity index (χ3n) is 4.58. The molecule has 1 aliphatic carbocycles. The summed E-state index contributed by atoms with van der Waals surface area (Å²) in [6.07, 6.45) is 5.67. The molecule has 0 radical (unpaired) electrons. The molecular weight excluding hydrogens is 236 g/mol. The largest absolute Gasteiger partial charge is 0.396 e. The first-order valence-corrected chi connectivity index (χ1v) is 7.33. The normalized spacial score (nSPS) is 18.2. The highest BCUT2D eigenvalue weighted by Gasteiger charge is 2.34. The highest BCUT2D eigenvalue weighted by molar-refractivity contribution is 5.82. The molecule has 1 N–H and O–H groups in total. The van der Waals surface area contributed by atoms with E-state index in [-0.39, 0.29) is 5.41 Å². The van der Waals surface area contributed by atoms with E-state index in [1.165, 1.54) is 23.7 Å². The molecule has 0 aliphatic heterocycles. The van der Waals surface area contributed by atoms with Gasteiger partial charge in [0.25, 0.3) is 0 Å². The Kier molecular flexibility index (Phi) is 3.31. The molecule has 1 heterocycles. The van der Waals surface area contributed by atoms with Crippen LogP contribution in [-0.4, -0.2) is 21.5 Å². The van der Waals surface area contributed by atoms with E-state index >= 15 is 0 Å². The van der Waals surface area contributed by atoms with E-state index in [0.29, 0.717) is 6.61 Å². The Hall–Kier alpha value is -1.35. The van der Waals surface area contributed by atoms with Gasteiger partial charge in [0.15, 0.2) is 0 Å². The number of aliphatic hydroxyl groups is 1. The number of rotatable bonds is 4. The zero-order valence-corrected chi connectivity index (χ0v) is 11.6. The maximum absolute atomic E-state index is 9.78. The summed E-state index contributed by atoms with van der Waals surface area (Å²) >= 11 is 0. The van der Waals surface area contributed by atoms with Crippen molar-refractivity contribution in [2.75, 3.05) is 6.61 Å². The van der Waals surface area contributed by atoms with E-state index < -0.39 is 0 Å². The molecule has 1 fully saturated rings. The van der Waals surface area contributed by atoms with Gasteiger partial charge in [-0.3, -0.25) is 4.68 Å². The van der Waals surface area contributed by atoms with Crippen LogP contribution >= 0.6 is 0 Å². The number of aryl methyl sites for hydroxylation is 1. The molecule has 1 aromatic heterocycles. The molecule has 0 bridgehead atoms. The third kappa shape index (κ3) is 2.16. The molecule has 1 aromatic carbocycles. The Labute approximate surface area is 114 Å². The van der Waals surface area contributed by atoms with Gasteiger partial charge < -0.3 is 5.11 Å². The monoisotopic (exact) mass is 258 g/mol. The van der Waals surface area contributed by atoms with E-state index in [1.807, 2.05) is 0 Å². The van der Waals surface area contributed by atoms with E-state index in [9.17, 15) is 5.11 Å². The van der Waals surface area contributed by atoms with Crippen molar-refractivity contribution in [2.24, 2.45) is 5.41 Å². The zero-order valence-electron chi connectivity index (χ0n) is 11.6. The van der Waals surface area contributed by atoms with Crippen molar-refractivity contribution in [3.05, 3.63) is 30.0 Å². The molecule has 0 saturated heterocycles. The molecule has 3 nitrogen and oxygen atoms in total. The first-order valence-electron chi connectivity index (χ1n) is 7.33. The van der Waals surface area contributed by atoms with Gasteiger partial charge in [0, 0.05) is 18.5 Å². The van der Waals surface area contributed by atoms with Crippen LogP contribution in [0.15, 0.2) is 24.3 Å². The molecule has 0 atom stereocenters. The minimum atomic E-state index is 0.0791. The molecule has 0 unspecified atom stereocenters. The zero-order chi connectivity index (χ0) is 13.3. The summed E-state index contributed by atoms with van der Waals surface area (Å²) in [6, 6.07) is 8.44. The smallest absolute Gasteiger partial charge is 0.0709 e. The Balaban J connectivity index is 2.01. The predicted octanol–water partition coefficient (Wildman–Crippen LogP) is 3.15. The Bertz CT molecular complexity index is 567. The molecule has 2 aromatic rings. The van der Waals surface area contributed by atoms with Gasteiger partial charge in [-0.1, -0.05) is 31.0 Å². The number of para-hydroxylation sites is 1. The first kappa shape index (κ1) is 12.7. The lowest BCUT2D eigenvalue weighted by atomic mass is 9.82. The summed E-state index contributed by atoms with van der Waals surface area (Å²) in [5.41, 5.74) is 2.45. The van der Waals surface area contributed by atoms with Crippen molar-refractivity contribution in [1.82, 2.24) is 9.78 Å². The van der Waals surface area contributed by atoms with E-state index in [4.69, 9.17) is 5.10 Å². The van der Waals surface area contributed by atoms with Crippen molar-refractivity contribution in [1.29, 1.82) is 0 Å². The van der Waals surface area contributed by atoms with Crippen LogP contribution in [0.5, 0.6) is 0 Å². The molecule has 102 valence electrons. The predicted molar refractivity (Wildman–Crippen MR) is 77.1 cm³/mol. The standard InChI is InChI=1S/C16H22N2O/c1-2-18-15-8-4-3-7-13(15)14(17-18)11-16(12-19)9-5-6-10-16/h3-4,7-8,19H,2,5-6,9-12H2,1H3. The van der Waals surface area contributed by atoms with Crippen molar-refractivity contribution in [3.8, 4) is 0 Å². The van der Waals surface area contributed by atoms with Crippen molar-refractivity contribution < 1.29 is 5.11 Å². The number of fused-ring (bicyclic) bond motifs is 1. The fourth-order valence-electron chi connectivity index (χ4n) is 3.44. The second-order valence-corrected chi connectivity index (χ2v) is 5.82. The van der Waals surface area contributed by atoms with Crippen LogP contribution < -0.4 is 0 Å². The molecule has 1 saturated carbocycles. The van der Waals surface area contributed by atoms with Crippen LogP contribution in [-0.2, 0) is 13.0 Å². The van der Waals surface area contributed by atoms with Crippen LogP contribution in [0, 0.1) is 5.41 Å². The van der Waals surface area contributed by atoms with Gasteiger partial charge in [-0.2, -0.15) is 5.10 Å². The Morgan fingerprint density at radius 1 is 1.26 bits per heavy atom. The summed E-state index contributed by atoms with van der Waals surface area (Å²) in [4.78, 5) is 0. The van der Waals surface area contributed by atoms with Crippen LogP contribution in [0.4, 0.5) is 0 Å². The number of aliphatic hydroxyl groups excluding tert-OH is 1. The highest BCUT2D eigenvalue weighted by atomic mass is 16.3. The lowest BCUT2D eigenvalue weighted by Crippen LogP contribution is -2.24. The number of aromatic nitrogens is 2. The second kappa shape index (κ2) is 4.97. The topological polar surface area (TPSA) is 38.0 Å². The van der Waals surface area contributed by atoms with E-state index in [2.05, 4.69) is 35.9 Å². The van der Waals surface area contributed by atoms with Gasteiger partial charge in [-0.25, -0.2) is 0 Å². The molecule has 3 heteroatoms. The number of hydrogen-bond donors (Lipinski definition) is 1. The van der Waals surface area contributed by atoms with Gasteiger partial charge in [0.2, 0.25) is 0 Å². The van der Waals surface area contributed by atoms with Crippen LogP contribution in [0.25, 0.3) is 10.9 Å². The van der Waals surface area contributed by atoms with Gasteiger partial charge >= 0.3 is 0 Å². The maximum atomic E-state index is 9.78. The van der Waals surface area contributed by atoms with Crippen molar-refractivity contribution >= 4 is 10.9 Å². The van der Waals surface area contributed by atoms with Gasteiger partial charge in [0.05, 0.1) is 11.2 Å². The van der Waals surface area contributed by atoms with Crippen molar-refractivity contribution in [2.45, 2.75) is 45.6 Å². The minimum absolute atomic E-state index is 0.0791. The molecule has 0 amide bonds. The fraction of sp³-hybridized carbons (Fsp3) is 0.562. The highest BCUT2D eigenvalue weighted by Crippen LogP contribution is 2.41. The molecule has 19 heavy (non-hydrogen) atoms. The summed E-state index contributed by atoms with van der Waals surface area (Å²) in [7, 11) is 0. The molecule has 0 spiro atoms. The van der Waals surface area contributed by atoms with Crippen LogP contribution in [0.1, 0.15) is 38.3 Å². The quantitative estimate of drug-likeness (QED) is 0.914. The maximum Gasteiger partial charge on any atom is 0.0709 e. The van der Waals surface area contributed by atoms with E-state index in [1.54, 1.807) is 0 Å². The lowest BCUT2D eigenvalue weighted by Gasteiger charge is -2.25. The third-order valence-corrected chi connectivity index (χ3v) is 4.58. The average molecular weight is 258 g/mol. The number of hydrogen-bond acceptors (Lipinski definition) is 2. The fourth-order valence-corrected chi connectivity index (χ4v) is 3.44. The van der Waals surface area contributed by atoms with Gasteiger partial charge in [0.1, 0.15) is 0 Å². The average Bonchev–Trinajstić information content (AvgIpc) is 3.05. The molecular formula is C16H22N2O. The minimum Gasteiger partial charge on any atom is -0.396 e. The molecule has 1 aliphatic rings. The number of nitrogens with zero attached hydrogens (tertiary/aromatic N) is 2. The van der Waals surface area contributed by atoms with Crippen LogP contribution in [0.2, 0.25) is 0 Å². The van der Waals surface area contributed by atoms with Crippen LogP contribution in [0.3, 0.4) is 0 Å². The number of benzene rings is 1. The summed E-state index contributed by atoms with van der Waals surface area (Å²) in [5, 5.41) is 15.8. The summed E-state index contributed by atoms with van der Waals surface area (Å²) in [6.45, 7) is 3.31.